The molecule has 1 aromatic rings. The van der Waals surface area contributed by atoms with Gasteiger partial charge in [-0.2, -0.15) is 0 Å². The zero-order valence-electron chi connectivity index (χ0n) is 10.3. The van der Waals surface area contributed by atoms with Crippen molar-refractivity contribution in [2.24, 2.45) is 5.73 Å². The van der Waals surface area contributed by atoms with Gasteiger partial charge in [-0.1, -0.05) is 23.7 Å². The monoisotopic (exact) mass is 238 g/mol. The second-order valence-electron chi connectivity index (χ2n) is 4.26. The fourth-order valence-electron chi connectivity index (χ4n) is 1.41. The van der Waals surface area contributed by atoms with E-state index in [1.807, 2.05) is 26.8 Å². The lowest BCUT2D eigenvalue weighted by atomic mass is 10.1. The third kappa shape index (κ3) is 2.92. The summed E-state index contributed by atoms with van der Waals surface area (Å²) in [5.74, 6) is 0.719. The summed E-state index contributed by atoms with van der Waals surface area (Å²) in [6.07, 6.45) is 0. The maximum atomic E-state index is 6.26. The number of rotatable bonds is 3. The highest BCUT2D eigenvalue weighted by Crippen LogP contribution is 2.23. The summed E-state index contributed by atoms with van der Waals surface area (Å²) in [7, 11) is 0. The van der Waals surface area contributed by atoms with Crippen molar-refractivity contribution >= 4 is 11.6 Å². The van der Waals surface area contributed by atoms with E-state index < -0.39 is 0 Å². The third-order valence-electron chi connectivity index (χ3n) is 2.66. The Kier molecular flexibility index (Phi) is 4.25. The molecule has 0 radical (unpaired) electrons. The Bertz CT molecular complexity index is 418. The summed E-state index contributed by atoms with van der Waals surface area (Å²) < 4.78 is 0. The predicted molar refractivity (Wildman–Crippen MR) is 70.3 cm³/mol. The minimum absolute atomic E-state index is 0.670. The van der Waals surface area contributed by atoms with Crippen molar-refractivity contribution in [3.05, 3.63) is 45.2 Å². The maximum Gasteiger partial charge on any atom is 0.0948 e. The van der Waals surface area contributed by atoms with Crippen LogP contribution in [-0.2, 0) is 6.54 Å². The van der Waals surface area contributed by atoms with Crippen LogP contribution in [0.3, 0.4) is 0 Å². The molecule has 0 spiro atoms. The first-order chi connectivity index (χ1) is 7.43. The van der Waals surface area contributed by atoms with Gasteiger partial charge in [-0.3, -0.25) is 0 Å². The van der Waals surface area contributed by atoms with E-state index in [4.69, 9.17) is 17.3 Å². The Hall–Kier alpha value is -1.15. The zero-order valence-corrected chi connectivity index (χ0v) is 11.1. The molecule has 0 bridgehead atoms. The topological polar surface area (TPSA) is 38.0 Å². The number of nitrogens with two attached hydrogens (primary N) is 1. The van der Waals surface area contributed by atoms with Crippen molar-refractivity contribution in [3.8, 4) is 0 Å². The van der Waals surface area contributed by atoms with E-state index in [0.717, 1.165) is 27.5 Å². The van der Waals surface area contributed by atoms with Crippen LogP contribution in [-0.4, -0.2) is 0 Å². The molecule has 0 fully saturated rings. The Morgan fingerprint density at radius 2 is 1.81 bits per heavy atom. The lowest BCUT2D eigenvalue weighted by Crippen LogP contribution is -2.21. The van der Waals surface area contributed by atoms with Crippen LogP contribution < -0.4 is 11.1 Å². The van der Waals surface area contributed by atoms with Crippen LogP contribution in [0.15, 0.2) is 23.5 Å². The quantitative estimate of drug-likeness (QED) is 0.849. The average molecular weight is 239 g/mol. The van der Waals surface area contributed by atoms with Gasteiger partial charge in [-0.15, -0.1) is 0 Å². The van der Waals surface area contributed by atoms with E-state index in [1.165, 1.54) is 5.56 Å². The SMILES string of the molecule is CC(C)=C(N)NCc1c(C)ccc(C)c1Cl. The standard InChI is InChI=1S/C13H19ClN2/c1-8(2)13(15)16-7-11-9(3)5-6-10(4)12(11)14/h5-6,16H,7,15H2,1-4H3. The predicted octanol–water partition coefficient (Wildman–Crippen LogP) is 3.26. The van der Waals surface area contributed by atoms with Gasteiger partial charge in [0.15, 0.2) is 0 Å². The number of hydrogen-bond donors (Lipinski definition) is 2. The van der Waals surface area contributed by atoms with Gasteiger partial charge in [0, 0.05) is 11.6 Å². The van der Waals surface area contributed by atoms with Gasteiger partial charge in [0.25, 0.3) is 0 Å². The van der Waals surface area contributed by atoms with Crippen molar-refractivity contribution in [2.45, 2.75) is 34.2 Å². The van der Waals surface area contributed by atoms with Crippen LogP contribution >= 0.6 is 11.6 Å². The van der Waals surface area contributed by atoms with Crippen LogP contribution in [0.1, 0.15) is 30.5 Å². The minimum Gasteiger partial charge on any atom is -0.386 e. The number of benzene rings is 1. The fourth-order valence-corrected chi connectivity index (χ4v) is 1.69. The molecule has 0 saturated heterocycles. The molecule has 1 aromatic carbocycles. The summed E-state index contributed by atoms with van der Waals surface area (Å²) in [5, 5.41) is 4.01. The number of aryl methyl sites for hydroxylation is 2. The summed E-state index contributed by atoms with van der Waals surface area (Å²) in [6.45, 7) is 8.69. The summed E-state index contributed by atoms with van der Waals surface area (Å²) in [6, 6.07) is 4.11. The van der Waals surface area contributed by atoms with Crippen LogP contribution in [0.25, 0.3) is 0 Å². The first kappa shape index (κ1) is 12.9. The van der Waals surface area contributed by atoms with Crippen molar-refractivity contribution in [3.63, 3.8) is 0 Å². The molecule has 0 unspecified atom stereocenters. The van der Waals surface area contributed by atoms with Gasteiger partial charge in [0.05, 0.1) is 5.82 Å². The molecular formula is C13H19ClN2. The number of hydrogen-bond acceptors (Lipinski definition) is 2. The van der Waals surface area contributed by atoms with E-state index in [2.05, 4.69) is 18.3 Å². The number of allylic oxidation sites excluding steroid dienone is 1. The number of nitrogens with one attached hydrogen (secondary N) is 1. The fraction of sp³-hybridized carbons (Fsp3) is 0.385. The van der Waals surface area contributed by atoms with Gasteiger partial charge in [-0.25, -0.2) is 0 Å². The highest BCUT2D eigenvalue weighted by Gasteiger charge is 2.06. The molecule has 0 saturated carbocycles. The van der Waals surface area contributed by atoms with Gasteiger partial charge >= 0.3 is 0 Å². The Balaban J connectivity index is 2.90. The van der Waals surface area contributed by atoms with Crippen LogP contribution in [0, 0.1) is 13.8 Å². The molecule has 3 N–H and O–H groups in total. The molecule has 0 atom stereocenters. The first-order valence-corrected chi connectivity index (χ1v) is 5.72. The summed E-state index contributed by atoms with van der Waals surface area (Å²) in [5.41, 5.74) is 10.3. The van der Waals surface area contributed by atoms with E-state index in [0.29, 0.717) is 6.54 Å². The van der Waals surface area contributed by atoms with Gasteiger partial charge in [0.2, 0.25) is 0 Å². The van der Waals surface area contributed by atoms with Crippen molar-refractivity contribution in [1.29, 1.82) is 0 Å². The number of halogens is 1. The molecule has 0 heterocycles. The van der Waals surface area contributed by atoms with Gasteiger partial charge in [0.1, 0.15) is 0 Å². The molecule has 0 aliphatic rings. The van der Waals surface area contributed by atoms with E-state index in [9.17, 15) is 0 Å². The summed E-state index contributed by atoms with van der Waals surface area (Å²) >= 11 is 6.26. The maximum absolute atomic E-state index is 6.26. The van der Waals surface area contributed by atoms with E-state index in [-0.39, 0.29) is 0 Å². The molecular weight excluding hydrogens is 220 g/mol. The van der Waals surface area contributed by atoms with Gasteiger partial charge < -0.3 is 11.1 Å². The second kappa shape index (κ2) is 5.26. The molecule has 0 amide bonds. The van der Waals surface area contributed by atoms with Crippen LogP contribution in [0.5, 0.6) is 0 Å². The minimum atomic E-state index is 0.670. The second-order valence-corrected chi connectivity index (χ2v) is 4.64. The van der Waals surface area contributed by atoms with Crippen molar-refractivity contribution in [2.75, 3.05) is 0 Å². The Morgan fingerprint density at radius 3 is 2.38 bits per heavy atom. The molecule has 88 valence electrons. The molecule has 0 aliphatic heterocycles. The lowest BCUT2D eigenvalue weighted by Gasteiger charge is -2.13. The van der Waals surface area contributed by atoms with Crippen molar-refractivity contribution < 1.29 is 0 Å². The normalized spacial score (nSPS) is 10.1. The molecule has 0 aromatic heterocycles. The van der Waals surface area contributed by atoms with Gasteiger partial charge in [-0.05, 0) is 50.0 Å². The average Bonchev–Trinajstić information content (AvgIpc) is 2.23. The highest BCUT2D eigenvalue weighted by atomic mass is 35.5. The summed E-state index contributed by atoms with van der Waals surface area (Å²) in [4.78, 5) is 0. The molecule has 2 nitrogen and oxygen atoms in total. The Labute approximate surface area is 102 Å². The smallest absolute Gasteiger partial charge is 0.0948 e. The van der Waals surface area contributed by atoms with E-state index in [1.54, 1.807) is 0 Å². The first-order valence-electron chi connectivity index (χ1n) is 5.35. The van der Waals surface area contributed by atoms with Crippen molar-refractivity contribution in [1.82, 2.24) is 5.32 Å². The molecule has 16 heavy (non-hydrogen) atoms. The van der Waals surface area contributed by atoms with Crippen LogP contribution in [0.4, 0.5) is 0 Å². The highest BCUT2D eigenvalue weighted by molar-refractivity contribution is 6.32. The zero-order chi connectivity index (χ0) is 12.3. The molecule has 1 rings (SSSR count). The van der Waals surface area contributed by atoms with Crippen LogP contribution in [0.2, 0.25) is 5.02 Å². The largest absolute Gasteiger partial charge is 0.386 e. The molecule has 3 heteroatoms. The third-order valence-corrected chi connectivity index (χ3v) is 3.19. The Morgan fingerprint density at radius 1 is 1.25 bits per heavy atom. The lowest BCUT2D eigenvalue weighted by molar-refractivity contribution is 0.781. The molecule has 0 aliphatic carbocycles. The van der Waals surface area contributed by atoms with E-state index >= 15 is 0 Å².